The average Bonchev–Trinajstić information content (AvgIpc) is 2.48. The van der Waals surface area contributed by atoms with Crippen molar-refractivity contribution in [2.45, 2.75) is 13.3 Å². The SMILES string of the molecule is CCc1ccccc1Oc1ccc(/C(N)=N/O)nc1. The van der Waals surface area contributed by atoms with E-state index in [0.29, 0.717) is 11.4 Å². The van der Waals surface area contributed by atoms with Crippen LogP contribution < -0.4 is 10.5 Å². The number of para-hydroxylation sites is 1. The zero-order valence-corrected chi connectivity index (χ0v) is 10.6. The van der Waals surface area contributed by atoms with E-state index in [-0.39, 0.29) is 5.84 Å². The van der Waals surface area contributed by atoms with Crippen molar-refractivity contribution in [1.29, 1.82) is 0 Å². The van der Waals surface area contributed by atoms with Gasteiger partial charge in [0.1, 0.15) is 17.2 Å². The maximum absolute atomic E-state index is 8.55. The molecule has 0 bridgehead atoms. The molecule has 0 spiro atoms. The van der Waals surface area contributed by atoms with E-state index in [9.17, 15) is 0 Å². The van der Waals surface area contributed by atoms with Crippen LogP contribution in [0.3, 0.4) is 0 Å². The number of oxime groups is 1. The number of ether oxygens (including phenoxy) is 1. The number of nitrogens with zero attached hydrogens (tertiary/aromatic N) is 2. The summed E-state index contributed by atoms with van der Waals surface area (Å²) in [7, 11) is 0. The molecule has 2 rings (SSSR count). The van der Waals surface area contributed by atoms with Gasteiger partial charge in [-0.05, 0) is 30.2 Å². The van der Waals surface area contributed by atoms with E-state index >= 15 is 0 Å². The van der Waals surface area contributed by atoms with Gasteiger partial charge in [0.25, 0.3) is 0 Å². The first-order chi connectivity index (χ1) is 9.24. The molecule has 1 heterocycles. The third-order valence-electron chi connectivity index (χ3n) is 2.69. The Morgan fingerprint density at radius 2 is 2.11 bits per heavy atom. The van der Waals surface area contributed by atoms with Crippen molar-refractivity contribution in [3.05, 3.63) is 53.9 Å². The lowest BCUT2D eigenvalue weighted by molar-refractivity contribution is 0.318. The molecule has 0 aliphatic heterocycles. The smallest absolute Gasteiger partial charge is 0.188 e. The Kier molecular flexibility index (Phi) is 3.97. The quantitative estimate of drug-likeness (QED) is 0.381. The minimum absolute atomic E-state index is 0.0273. The molecule has 1 aromatic carbocycles. The van der Waals surface area contributed by atoms with Gasteiger partial charge in [-0.2, -0.15) is 0 Å². The number of nitrogens with two attached hydrogens (primary N) is 1. The molecule has 0 atom stereocenters. The molecule has 0 radical (unpaired) electrons. The van der Waals surface area contributed by atoms with E-state index in [4.69, 9.17) is 15.7 Å². The molecule has 2 aromatic rings. The highest BCUT2D eigenvalue weighted by atomic mass is 16.5. The first kappa shape index (κ1) is 12.9. The third kappa shape index (κ3) is 3.01. The Balaban J connectivity index is 2.20. The zero-order valence-electron chi connectivity index (χ0n) is 10.6. The normalized spacial score (nSPS) is 11.3. The molecule has 0 fully saturated rings. The average molecular weight is 257 g/mol. The predicted molar refractivity (Wildman–Crippen MR) is 72.6 cm³/mol. The second kappa shape index (κ2) is 5.86. The molecule has 3 N–H and O–H groups in total. The van der Waals surface area contributed by atoms with Crippen molar-refractivity contribution in [2.24, 2.45) is 10.9 Å². The van der Waals surface area contributed by atoms with Gasteiger partial charge in [0.15, 0.2) is 5.84 Å². The third-order valence-corrected chi connectivity index (χ3v) is 2.69. The van der Waals surface area contributed by atoms with Crippen LogP contribution in [0, 0.1) is 0 Å². The Labute approximate surface area is 111 Å². The minimum atomic E-state index is -0.0273. The van der Waals surface area contributed by atoms with Gasteiger partial charge in [0.05, 0.1) is 6.20 Å². The second-order valence-corrected chi connectivity index (χ2v) is 3.93. The van der Waals surface area contributed by atoms with Crippen molar-refractivity contribution in [3.63, 3.8) is 0 Å². The standard InChI is InChI=1S/C14H15N3O2/c1-2-10-5-3-4-6-13(10)19-11-7-8-12(16-9-11)14(15)17-18/h3-9,18H,2H2,1H3,(H2,15,17). The van der Waals surface area contributed by atoms with Crippen LogP contribution >= 0.6 is 0 Å². The fourth-order valence-corrected chi connectivity index (χ4v) is 1.67. The minimum Gasteiger partial charge on any atom is -0.455 e. The lowest BCUT2D eigenvalue weighted by atomic mass is 10.1. The fraction of sp³-hybridized carbons (Fsp3) is 0.143. The van der Waals surface area contributed by atoms with Gasteiger partial charge in [0, 0.05) is 0 Å². The molecule has 0 saturated heterocycles. The summed E-state index contributed by atoms with van der Waals surface area (Å²) in [4.78, 5) is 4.06. The van der Waals surface area contributed by atoms with Gasteiger partial charge in [-0.3, -0.25) is 0 Å². The van der Waals surface area contributed by atoms with Crippen LogP contribution in [0.25, 0.3) is 0 Å². The summed E-state index contributed by atoms with van der Waals surface area (Å²) in [6.45, 7) is 2.07. The molecule has 98 valence electrons. The van der Waals surface area contributed by atoms with Crippen LogP contribution in [0.1, 0.15) is 18.2 Å². The summed E-state index contributed by atoms with van der Waals surface area (Å²) in [5.74, 6) is 1.39. The first-order valence-corrected chi connectivity index (χ1v) is 5.94. The summed E-state index contributed by atoms with van der Waals surface area (Å²) in [6.07, 6.45) is 2.44. The molecule has 19 heavy (non-hydrogen) atoms. The van der Waals surface area contributed by atoms with Gasteiger partial charge in [-0.15, -0.1) is 0 Å². The van der Waals surface area contributed by atoms with Gasteiger partial charge in [-0.25, -0.2) is 4.98 Å². The van der Waals surface area contributed by atoms with Crippen LogP contribution in [0.5, 0.6) is 11.5 Å². The van der Waals surface area contributed by atoms with Crippen LogP contribution in [0.4, 0.5) is 0 Å². The zero-order chi connectivity index (χ0) is 13.7. The second-order valence-electron chi connectivity index (χ2n) is 3.93. The van der Waals surface area contributed by atoms with E-state index in [2.05, 4.69) is 17.1 Å². The number of pyridine rings is 1. The molecule has 1 aromatic heterocycles. The molecule has 0 saturated carbocycles. The number of amidine groups is 1. The van der Waals surface area contributed by atoms with E-state index in [1.54, 1.807) is 18.3 Å². The van der Waals surface area contributed by atoms with Crippen molar-refractivity contribution in [3.8, 4) is 11.5 Å². The monoisotopic (exact) mass is 257 g/mol. The van der Waals surface area contributed by atoms with Crippen LogP contribution in [-0.4, -0.2) is 16.0 Å². The van der Waals surface area contributed by atoms with E-state index in [1.807, 2.05) is 24.3 Å². The molecule has 5 heteroatoms. The molecule has 0 aliphatic carbocycles. The Morgan fingerprint density at radius 3 is 2.74 bits per heavy atom. The fourth-order valence-electron chi connectivity index (χ4n) is 1.67. The molecular weight excluding hydrogens is 242 g/mol. The summed E-state index contributed by atoms with van der Waals surface area (Å²) in [5.41, 5.74) is 6.97. The molecule has 0 aliphatic rings. The van der Waals surface area contributed by atoms with Gasteiger partial charge >= 0.3 is 0 Å². The van der Waals surface area contributed by atoms with E-state index in [0.717, 1.165) is 17.7 Å². The van der Waals surface area contributed by atoms with Crippen molar-refractivity contribution < 1.29 is 9.94 Å². The molecule has 0 amide bonds. The number of benzene rings is 1. The number of hydrogen-bond donors (Lipinski definition) is 2. The van der Waals surface area contributed by atoms with Gasteiger partial charge < -0.3 is 15.7 Å². The first-order valence-electron chi connectivity index (χ1n) is 5.94. The maximum atomic E-state index is 8.55. The highest BCUT2D eigenvalue weighted by Gasteiger charge is 2.05. The number of hydrogen-bond acceptors (Lipinski definition) is 4. The highest BCUT2D eigenvalue weighted by Crippen LogP contribution is 2.24. The van der Waals surface area contributed by atoms with Crippen LogP contribution in [-0.2, 0) is 6.42 Å². The van der Waals surface area contributed by atoms with Crippen molar-refractivity contribution >= 4 is 5.84 Å². The maximum Gasteiger partial charge on any atom is 0.188 e. The Hall–Kier alpha value is -2.56. The van der Waals surface area contributed by atoms with Gasteiger partial charge in [0.2, 0.25) is 0 Å². The topological polar surface area (TPSA) is 80.7 Å². The number of aromatic nitrogens is 1. The Morgan fingerprint density at radius 1 is 1.32 bits per heavy atom. The Bertz CT molecular complexity index is 579. The highest BCUT2D eigenvalue weighted by molar-refractivity contribution is 5.95. The van der Waals surface area contributed by atoms with Gasteiger partial charge in [-0.1, -0.05) is 30.3 Å². The molecule has 0 unspecified atom stereocenters. The lowest BCUT2D eigenvalue weighted by Crippen LogP contribution is -2.14. The summed E-state index contributed by atoms with van der Waals surface area (Å²) >= 11 is 0. The van der Waals surface area contributed by atoms with Crippen LogP contribution in [0.15, 0.2) is 47.8 Å². The largest absolute Gasteiger partial charge is 0.455 e. The lowest BCUT2D eigenvalue weighted by Gasteiger charge is -2.09. The van der Waals surface area contributed by atoms with E-state index in [1.165, 1.54) is 0 Å². The predicted octanol–water partition coefficient (Wildman–Crippen LogP) is 2.53. The van der Waals surface area contributed by atoms with E-state index < -0.39 is 0 Å². The summed E-state index contributed by atoms with van der Waals surface area (Å²) in [5, 5.41) is 11.4. The summed E-state index contributed by atoms with van der Waals surface area (Å²) < 4.78 is 5.76. The van der Waals surface area contributed by atoms with Crippen LogP contribution in [0.2, 0.25) is 0 Å². The number of rotatable bonds is 4. The summed E-state index contributed by atoms with van der Waals surface area (Å²) in [6, 6.07) is 11.2. The van der Waals surface area contributed by atoms with Crippen molar-refractivity contribution in [1.82, 2.24) is 4.98 Å². The van der Waals surface area contributed by atoms with Crippen molar-refractivity contribution in [2.75, 3.05) is 0 Å². The molecule has 5 nitrogen and oxygen atoms in total. The molecular formula is C14H15N3O2. The number of aryl methyl sites for hydroxylation is 1.